The van der Waals surface area contributed by atoms with Crippen molar-refractivity contribution in [3.63, 3.8) is 0 Å². The van der Waals surface area contributed by atoms with E-state index in [4.69, 9.17) is 28.9 Å². The van der Waals surface area contributed by atoms with Crippen molar-refractivity contribution in [2.75, 3.05) is 10.5 Å². The second-order valence-corrected chi connectivity index (χ2v) is 6.50. The molecule has 0 aromatic heterocycles. The summed E-state index contributed by atoms with van der Waals surface area (Å²) in [4.78, 5) is -0.118. The van der Waals surface area contributed by atoms with Crippen molar-refractivity contribution in [3.05, 3.63) is 52.3 Å². The molecule has 0 saturated carbocycles. The summed E-state index contributed by atoms with van der Waals surface area (Å²) in [7, 11) is -3.91. The molecule has 0 fully saturated rings. The molecule has 3 N–H and O–H groups in total. The maximum absolute atomic E-state index is 13.3. The summed E-state index contributed by atoms with van der Waals surface area (Å²) >= 11 is 11.5. The van der Waals surface area contributed by atoms with Crippen LogP contribution in [0.2, 0.25) is 10.0 Å². The highest BCUT2D eigenvalue weighted by atomic mass is 35.5. The first-order chi connectivity index (χ1) is 9.28. The molecule has 0 unspecified atom stereocenters. The van der Waals surface area contributed by atoms with Gasteiger partial charge in [-0.1, -0.05) is 23.2 Å². The van der Waals surface area contributed by atoms with E-state index in [1.807, 2.05) is 0 Å². The fourth-order valence-corrected chi connectivity index (χ4v) is 3.26. The van der Waals surface area contributed by atoms with Crippen LogP contribution in [0.3, 0.4) is 0 Å². The predicted octanol–water partition coefficient (Wildman–Crippen LogP) is 3.52. The molecule has 0 heterocycles. The van der Waals surface area contributed by atoms with Crippen LogP contribution < -0.4 is 10.5 Å². The molecular formula is C12H9Cl2FN2O2S. The van der Waals surface area contributed by atoms with Gasteiger partial charge in [0.15, 0.2) is 0 Å². The van der Waals surface area contributed by atoms with Gasteiger partial charge in [-0.15, -0.1) is 0 Å². The van der Waals surface area contributed by atoms with Crippen molar-refractivity contribution in [2.45, 2.75) is 4.90 Å². The molecule has 0 aliphatic carbocycles. The van der Waals surface area contributed by atoms with Crippen LogP contribution in [0.15, 0.2) is 41.3 Å². The molecule has 0 bridgehead atoms. The number of nitrogen functional groups attached to an aromatic ring is 1. The van der Waals surface area contributed by atoms with E-state index in [2.05, 4.69) is 4.72 Å². The van der Waals surface area contributed by atoms with E-state index in [-0.39, 0.29) is 26.3 Å². The monoisotopic (exact) mass is 334 g/mol. The number of benzene rings is 2. The maximum atomic E-state index is 13.3. The van der Waals surface area contributed by atoms with Crippen LogP contribution in [0.1, 0.15) is 0 Å². The topological polar surface area (TPSA) is 72.2 Å². The van der Waals surface area contributed by atoms with Gasteiger partial charge in [0.25, 0.3) is 10.0 Å². The molecule has 0 radical (unpaired) electrons. The first-order valence-electron chi connectivity index (χ1n) is 5.32. The second-order valence-electron chi connectivity index (χ2n) is 3.95. The summed E-state index contributed by atoms with van der Waals surface area (Å²) in [6.45, 7) is 0. The quantitative estimate of drug-likeness (QED) is 0.843. The van der Waals surface area contributed by atoms with Crippen LogP contribution in [0.25, 0.3) is 0 Å². The fraction of sp³-hybridized carbons (Fsp3) is 0. The van der Waals surface area contributed by atoms with Gasteiger partial charge in [-0.05, 0) is 30.3 Å². The molecule has 0 saturated heterocycles. The van der Waals surface area contributed by atoms with Crippen molar-refractivity contribution in [1.29, 1.82) is 0 Å². The molecule has 0 aliphatic heterocycles. The van der Waals surface area contributed by atoms with Crippen LogP contribution in [-0.4, -0.2) is 8.42 Å². The zero-order valence-corrected chi connectivity index (χ0v) is 12.2. The number of rotatable bonds is 3. The molecule has 106 valence electrons. The summed E-state index contributed by atoms with van der Waals surface area (Å²) in [5.74, 6) is -0.714. The third-order valence-corrected chi connectivity index (χ3v) is 4.20. The highest BCUT2D eigenvalue weighted by Gasteiger charge is 2.16. The Balaban J connectivity index is 2.37. The number of nitrogens with one attached hydrogen (secondary N) is 1. The van der Waals surface area contributed by atoms with E-state index in [0.29, 0.717) is 0 Å². The fourth-order valence-electron chi connectivity index (χ4n) is 1.49. The highest BCUT2D eigenvalue weighted by Crippen LogP contribution is 2.25. The summed E-state index contributed by atoms with van der Waals surface area (Å²) in [5.41, 5.74) is 5.29. The van der Waals surface area contributed by atoms with Gasteiger partial charge in [0, 0.05) is 16.1 Å². The largest absolute Gasteiger partial charge is 0.396 e. The summed E-state index contributed by atoms with van der Waals surface area (Å²) in [6, 6.07) is 7.48. The molecule has 4 nitrogen and oxygen atoms in total. The molecule has 0 spiro atoms. The van der Waals surface area contributed by atoms with Crippen molar-refractivity contribution >= 4 is 44.6 Å². The van der Waals surface area contributed by atoms with Gasteiger partial charge >= 0.3 is 0 Å². The van der Waals surface area contributed by atoms with Gasteiger partial charge in [-0.25, -0.2) is 12.8 Å². The van der Waals surface area contributed by atoms with Crippen molar-refractivity contribution < 1.29 is 12.8 Å². The van der Waals surface area contributed by atoms with E-state index in [1.165, 1.54) is 30.3 Å². The minimum absolute atomic E-state index is 0.0489. The lowest BCUT2D eigenvalue weighted by atomic mass is 10.3. The van der Waals surface area contributed by atoms with Gasteiger partial charge in [-0.2, -0.15) is 0 Å². The smallest absolute Gasteiger partial charge is 0.261 e. The Bertz CT molecular complexity index is 746. The Hall–Kier alpha value is -1.50. The van der Waals surface area contributed by atoms with Gasteiger partial charge in [0.2, 0.25) is 0 Å². The van der Waals surface area contributed by atoms with Crippen molar-refractivity contribution in [2.24, 2.45) is 0 Å². The van der Waals surface area contributed by atoms with Gasteiger partial charge in [0.1, 0.15) is 5.82 Å². The Morgan fingerprint density at radius 1 is 1.05 bits per heavy atom. The number of hydrogen-bond donors (Lipinski definition) is 2. The van der Waals surface area contributed by atoms with Crippen molar-refractivity contribution in [3.8, 4) is 0 Å². The summed E-state index contributed by atoms with van der Waals surface area (Å²) < 4.78 is 39.7. The average molecular weight is 335 g/mol. The van der Waals surface area contributed by atoms with Gasteiger partial charge in [-0.3, -0.25) is 4.72 Å². The van der Waals surface area contributed by atoms with Gasteiger partial charge in [0.05, 0.1) is 16.3 Å². The molecule has 0 atom stereocenters. The van der Waals surface area contributed by atoms with E-state index >= 15 is 0 Å². The predicted molar refractivity (Wildman–Crippen MR) is 78.1 cm³/mol. The van der Waals surface area contributed by atoms with E-state index < -0.39 is 15.8 Å². The van der Waals surface area contributed by atoms with Crippen LogP contribution in [0.5, 0.6) is 0 Å². The third kappa shape index (κ3) is 3.33. The molecule has 2 aromatic rings. The number of hydrogen-bond acceptors (Lipinski definition) is 3. The molecule has 2 rings (SSSR count). The first kappa shape index (κ1) is 14.9. The number of nitrogens with two attached hydrogens (primary N) is 1. The third-order valence-electron chi connectivity index (χ3n) is 2.40. The minimum atomic E-state index is -3.91. The first-order valence-corrected chi connectivity index (χ1v) is 7.56. The average Bonchev–Trinajstić information content (AvgIpc) is 2.32. The Labute approximate surface area is 125 Å². The Kier molecular flexibility index (Phi) is 4.08. The standard InChI is InChI=1S/C12H9Cl2FN2O2S/c13-7-3-8(14)5-10(4-7)20(18,19)17-9-1-2-12(16)11(15)6-9/h1-6,17H,16H2. The molecule has 0 aliphatic rings. The number of anilines is 2. The van der Waals surface area contributed by atoms with Gasteiger partial charge < -0.3 is 5.73 Å². The number of sulfonamides is 1. The SMILES string of the molecule is Nc1ccc(NS(=O)(=O)c2cc(Cl)cc(Cl)c2)cc1F. The minimum Gasteiger partial charge on any atom is -0.396 e. The maximum Gasteiger partial charge on any atom is 0.261 e. The second kappa shape index (κ2) is 5.47. The Morgan fingerprint density at radius 2 is 1.65 bits per heavy atom. The van der Waals surface area contributed by atoms with Crippen LogP contribution in [0, 0.1) is 5.82 Å². The molecule has 20 heavy (non-hydrogen) atoms. The van der Waals surface area contributed by atoms with Crippen molar-refractivity contribution in [1.82, 2.24) is 0 Å². The Morgan fingerprint density at radius 3 is 2.20 bits per heavy atom. The van der Waals surface area contributed by atoms with E-state index in [0.717, 1.165) is 6.07 Å². The van der Waals surface area contributed by atoms with E-state index in [1.54, 1.807) is 0 Å². The van der Waals surface area contributed by atoms with E-state index in [9.17, 15) is 12.8 Å². The van der Waals surface area contributed by atoms with Crippen LogP contribution in [-0.2, 0) is 10.0 Å². The molecule has 8 heteroatoms. The summed E-state index contributed by atoms with van der Waals surface area (Å²) in [6.07, 6.45) is 0. The van der Waals surface area contributed by atoms with Crippen LogP contribution in [0.4, 0.5) is 15.8 Å². The zero-order chi connectivity index (χ0) is 14.9. The summed E-state index contributed by atoms with van der Waals surface area (Å²) in [5, 5.41) is 0.364. The lowest BCUT2D eigenvalue weighted by Crippen LogP contribution is -2.13. The lowest BCUT2D eigenvalue weighted by Gasteiger charge is -2.09. The zero-order valence-electron chi connectivity index (χ0n) is 9.90. The van der Waals surface area contributed by atoms with Crippen LogP contribution >= 0.6 is 23.2 Å². The lowest BCUT2D eigenvalue weighted by molar-refractivity contribution is 0.601. The molecular weight excluding hydrogens is 326 g/mol. The molecule has 2 aromatic carbocycles. The highest BCUT2D eigenvalue weighted by molar-refractivity contribution is 7.92. The number of halogens is 3. The molecule has 0 amide bonds. The normalized spacial score (nSPS) is 11.3.